The number of amides is 1. The third kappa shape index (κ3) is 4.34. The lowest BCUT2D eigenvalue weighted by Gasteiger charge is -2.26. The molecular formula is C17H27N3O3S. The fraction of sp³-hybridized carbons (Fsp3) is 0.588. The SMILES string of the molecule is CCN(CC)S(=O)(=O)c1ccc(C(=O)NC2CCC(N)CC2)cc1. The molecule has 1 aromatic carbocycles. The predicted molar refractivity (Wildman–Crippen MR) is 94.2 cm³/mol. The summed E-state index contributed by atoms with van der Waals surface area (Å²) in [6, 6.07) is 6.53. The van der Waals surface area contributed by atoms with Gasteiger partial charge in [-0.2, -0.15) is 4.31 Å². The van der Waals surface area contributed by atoms with Gasteiger partial charge in [0.2, 0.25) is 10.0 Å². The molecule has 3 N–H and O–H groups in total. The van der Waals surface area contributed by atoms with Crippen molar-refractivity contribution in [1.29, 1.82) is 0 Å². The first-order chi connectivity index (χ1) is 11.4. The summed E-state index contributed by atoms with van der Waals surface area (Å²) in [5.41, 5.74) is 6.35. The fourth-order valence-corrected chi connectivity index (χ4v) is 4.48. The van der Waals surface area contributed by atoms with E-state index in [1.807, 2.05) is 0 Å². The zero-order chi connectivity index (χ0) is 17.7. The van der Waals surface area contributed by atoms with E-state index in [1.165, 1.54) is 16.4 Å². The molecular weight excluding hydrogens is 326 g/mol. The Kier molecular flexibility index (Phi) is 6.37. The number of nitrogens with two attached hydrogens (primary N) is 1. The van der Waals surface area contributed by atoms with Crippen LogP contribution >= 0.6 is 0 Å². The zero-order valence-corrected chi connectivity index (χ0v) is 15.2. The van der Waals surface area contributed by atoms with Crippen LogP contribution in [0.1, 0.15) is 49.9 Å². The summed E-state index contributed by atoms with van der Waals surface area (Å²) in [5, 5.41) is 3.00. The molecule has 7 heteroatoms. The second kappa shape index (κ2) is 8.09. The summed E-state index contributed by atoms with van der Waals surface area (Å²) in [6.45, 7) is 4.45. The van der Waals surface area contributed by atoms with E-state index in [1.54, 1.807) is 26.0 Å². The van der Waals surface area contributed by atoms with Gasteiger partial charge in [0.1, 0.15) is 0 Å². The summed E-state index contributed by atoms with van der Waals surface area (Å²) < 4.78 is 26.3. The van der Waals surface area contributed by atoms with E-state index in [0.717, 1.165) is 25.7 Å². The highest BCUT2D eigenvalue weighted by atomic mass is 32.2. The molecule has 0 aliphatic heterocycles. The van der Waals surface area contributed by atoms with Gasteiger partial charge in [0.15, 0.2) is 0 Å². The minimum atomic E-state index is -3.49. The molecule has 0 radical (unpaired) electrons. The Bertz CT molecular complexity index is 646. The Labute approximate surface area is 144 Å². The minimum Gasteiger partial charge on any atom is -0.349 e. The van der Waals surface area contributed by atoms with Crippen molar-refractivity contribution in [2.24, 2.45) is 5.73 Å². The molecule has 1 amide bonds. The maximum absolute atomic E-state index is 12.4. The zero-order valence-electron chi connectivity index (χ0n) is 14.4. The summed E-state index contributed by atoms with van der Waals surface area (Å²) in [7, 11) is -3.49. The number of carbonyl (C=O) groups is 1. The van der Waals surface area contributed by atoms with Gasteiger partial charge >= 0.3 is 0 Å². The van der Waals surface area contributed by atoms with Gasteiger partial charge in [-0.3, -0.25) is 4.79 Å². The van der Waals surface area contributed by atoms with E-state index < -0.39 is 10.0 Å². The molecule has 2 rings (SSSR count). The van der Waals surface area contributed by atoms with Gasteiger partial charge in [-0.15, -0.1) is 0 Å². The van der Waals surface area contributed by atoms with Gasteiger partial charge in [0.25, 0.3) is 5.91 Å². The second-order valence-electron chi connectivity index (χ2n) is 6.20. The van der Waals surface area contributed by atoms with Crippen LogP contribution in [0.4, 0.5) is 0 Å². The summed E-state index contributed by atoms with van der Waals surface area (Å²) in [5.74, 6) is -0.165. The smallest absolute Gasteiger partial charge is 0.251 e. The maximum atomic E-state index is 12.4. The molecule has 1 saturated carbocycles. The third-order valence-corrected chi connectivity index (χ3v) is 6.63. The van der Waals surface area contributed by atoms with E-state index in [2.05, 4.69) is 5.32 Å². The minimum absolute atomic E-state index is 0.149. The van der Waals surface area contributed by atoms with E-state index in [4.69, 9.17) is 5.73 Å². The first kappa shape index (κ1) is 18.9. The summed E-state index contributed by atoms with van der Waals surface area (Å²) in [6.07, 6.45) is 3.63. The van der Waals surface area contributed by atoms with Crippen molar-refractivity contribution in [3.05, 3.63) is 29.8 Å². The lowest BCUT2D eigenvalue weighted by molar-refractivity contribution is 0.0925. The van der Waals surface area contributed by atoms with Gasteiger partial charge in [-0.05, 0) is 49.9 Å². The van der Waals surface area contributed by atoms with Crippen molar-refractivity contribution >= 4 is 15.9 Å². The number of hydrogen-bond donors (Lipinski definition) is 2. The van der Waals surface area contributed by atoms with Crippen molar-refractivity contribution in [3.63, 3.8) is 0 Å². The fourth-order valence-electron chi connectivity index (χ4n) is 3.02. The molecule has 0 atom stereocenters. The Morgan fingerprint density at radius 1 is 1.12 bits per heavy atom. The van der Waals surface area contributed by atoms with Crippen molar-refractivity contribution < 1.29 is 13.2 Å². The average Bonchev–Trinajstić information content (AvgIpc) is 2.58. The Morgan fingerprint density at radius 3 is 2.17 bits per heavy atom. The largest absolute Gasteiger partial charge is 0.349 e. The van der Waals surface area contributed by atoms with Crippen molar-refractivity contribution in [1.82, 2.24) is 9.62 Å². The molecule has 6 nitrogen and oxygen atoms in total. The number of hydrogen-bond acceptors (Lipinski definition) is 4. The molecule has 1 aliphatic carbocycles. The summed E-state index contributed by atoms with van der Waals surface area (Å²) >= 11 is 0. The first-order valence-electron chi connectivity index (χ1n) is 8.55. The van der Waals surface area contributed by atoms with Crippen molar-refractivity contribution in [3.8, 4) is 0 Å². The van der Waals surface area contributed by atoms with E-state index in [0.29, 0.717) is 18.7 Å². The Balaban J connectivity index is 2.05. The Morgan fingerprint density at radius 2 is 1.67 bits per heavy atom. The highest BCUT2D eigenvalue weighted by Gasteiger charge is 2.23. The molecule has 0 bridgehead atoms. The van der Waals surface area contributed by atoms with Gasteiger partial charge in [0, 0.05) is 30.7 Å². The van der Waals surface area contributed by atoms with Crippen LogP contribution in [0.2, 0.25) is 0 Å². The standard InChI is InChI=1S/C17H27N3O3S/c1-3-20(4-2)24(22,23)16-11-5-13(6-12-16)17(21)19-15-9-7-14(18)8-10-15/h5-6,11-12,14-15H,3-4,7-10,18H2,1-2H3,(H,19,21). The molecule has 1 fully saturated rings. The molecule has 0 spiro atoms. The van der Waals surface area contributed by atoms with Gasteiger partial charge in [-0.1, -0.05) is 13.8 Å². The first-order valence-corrected chi connectivity index (χ1v) is 9.99. The third-order valence-electron chi connectivity index (χ3n) is 4.57. The lowest BCUT2D eigenvalue weighted by atomic mass is 9.91. The molecule has 134 valence electrons. The van der Waals surface area contributed by atoms with Crippen molar-refractivity contribution in [2.45, 2.75) is 56.5 Å². The van der Waals surface area contributed by atoms with Crippen LogP contribution in [0.25, 0.3) is 0 Å². The monoisotopic (exact) mass is 353 g/mol. The van der Waals surface area contributed by atoms with Crippen LogP contribution in [0.15, 0.2) is 29.2 Å². The molecule has 0 heterocycles. The van der Waals surface area contributed by atoms with Gasteiger partial charge in [0.05, 0.1) is 4.90 Å². The highest BCUT2D eigenvalue weighted by Crippen LogP contribution is 2.19. The maximum Gasteiger partial charge on any atom is 0.251 e. The van der Waals surface area contributed by atoms with E-state index >= 15 is 0 Å². The van der Waals surface area contributed by atoms with Crippen LogP contribution < -0.4 is 11.1 Å². The van der Waals surface area contributed by atoms with Crippen LogP contribution in [0.5, 0.6) is 0 Å². The van der Waals surface area contributed by atoms with E-state index in [-0.39, 0.29) is 22.9 Å². The Hall–Kier alpha value is -1.44. The normalized spacial score (nSPS) is 21.7. The van der Waals surface area contributed by atoms with E-state index in [9.17, 15) is 13.2 Å². The number of nitrogens with zero attached hydrogens (tertiary/aromatic N) is 1. The van der Waals surface area contributed by atoms with Crippen LogP contribution in [-0.4, -0.2) is 43.8 Å². The topological polar surface area (TPSA) is 92.5 Å². The molecule has 0 aromatic heterocycles. The molecule has 0 unspecified atom stereocenters. The van der Waals surface area contributed by atoms with Gasteiger partial charge in [-0.25, -0.2) is 8.42 Å². The highest BCUT2D eigenvalue weighted by molar-refractivity contribution is 7.89. The van der Waals surface area contributed by atoms with Crippen LogP contribution in [0, 0.1) is 0 Å². The quantitative estimate of drug-likeness (QED) is 0.814. The average molecular weight is 353 g/mol. The number of nitrogens with one attached hydrogen (secondary N) is 1. The predicted octanol–water partition coefficient (Wildman–Crippen LogP) is 1.72. The second-order valence-corrected chi connectivity index (χ2v) is 8.14. The van der Waals surface area contributed by atoms with Crippen LogP contribution in [0.3, 0.4) is 0 Å². The van der Waals surface area contributed by atoms with Crippen LogP contribution in [-0.2, 0) is 10.0 Å². The lowest BCUT2D eigenvalue weighted by Crippen LogP contribution is -2.40. The molecule has 1 aliphatic rings. The number of benzene rings is 1. The molecule has 24 heavy (non-hydrogen) atoms. The number of sulfonamides is 1. The number of carbonyl (C=O) groups excluding carboxylic acids is 1. The molecule has 0 saturated heterocycles. The molecule has 1 aromatic rings. The summed E-state index contributed by atoms with van der Waals surface area (Å²) in [4.78, 5) is 12.5. The number of rotatable bonds is 6. The van der Waals surface area contributed by atoms with Gasteiger partial charge < -0.3 is 11.1 Å². The van der Waals surface area contributed by atoms with Crippen molar-refractivity contribution in [2.75, 3.05) is 13.1 Å².